The molecule has 0 saturated heterocycles. The zero-order valence-corrected chi connectivity index (χ0v) is 13.5. The van der Waals surface area contributed by atoms with Crippen molar-refractivity contribution in [2.24, 2.45) is 10.2 Å². The second-order valence-corrected chi connectivity index (χ2v) is 5.90. The summed E-state index contributed by atoms with van der Waals surface area (Å²) >= 11 is 6.18. The number of nitrogens with zero attached hydrogens (tertiary/aromatic N) is 3. The second kappa shape index (κ2) is 6.80. The molecular weight excluding hydrogens is 300 g/mol. The van der Waals surface area contributed by atoms with E-state index < -0.39 is 5.66 Å². The quantitative estimate of drug-likeness (QED) is 0.779. The SMILES string of the molecule is C#CCCC1(CCC(=O)Nc2ccc(N(C)C)c(Cl)c2)N=N1. The molecule has 1 N–H and O–H groups in total. The molecule has 0 fully saturated rings. The number of anilines is 2. The fourth-order valence-electron chi connectivity index (χ4n) is 2.15. The van der Waals surface area contributed by atoms with Crippen molar-refractivity contribution in [2.45, 2.75) is 31.3 Å². The lowest BCUT2D eigenvalue weighted by Gasteiger charge is -2.15. The molecule has 1 aromatic carbocycles. The summed E-state index contributed by atoms with van der Waals surface area (Å²) in [5.74, 6) is 2.49. The van der Waals surface area contributed by atoms with Crippen molar-refractivity contribution in [3.05, 3.63) is 23.2 Å². The molecule has 0 radical (unpaired) electrons. The Labute approximate surface area is 135 Å². The Kier molecular flexibility index (Phi) is 5.04. The molecule has 1 aliphatic heterocycles. The summed E-state index contributed by atoms with van der Waals surface area (Å²) in [6, 6.07) is 5.45. The molecule has 22 heavy (non-hydrogen) atoms. The number of benzene rings is 1. The van der Waals surface area contributed by atoms with Gasteiger partial charge in [0.2, 0.25) is 5.91 Å². The van der Waals surface area contributed by atoms with E-state index >= 15 is 0 Å². The lowest BCUT2D eigenvalue weighted by Crippen LogP contribution is -2.17. The van der Waals surface area contributed by atoms with E-state index in [-0.39, 0.29) is 5.91 Å². The first kappa shape index (κ1) is 16.3. The normalized spacial score (nSPS) is 14.3. The second-order valence-electron chi connectivity index (χ2n) is 5.50. The molecule has 0 bridgehead atoms. The van der Waals surface area contributed by atoms with Gasteiger partial charge in [-0.1, -0.05) is 11.6 Å². The molecule has 6 heteroatoms. The van der Waals surface area contributed by atoms with Crippen LogP contribution in [-0.4, -0.2) is 25.7 Å². The average Bonchev–Trinajstić information content (AvgIpc) is 3.23. The van der Waals surface area contributed by atoms with Crippen molar-refractivity contribution in [1.82, 2.24) is 0 Å². The van der Waals surface area contributed by atoms with Crippen molar-refractivity contribution in [3.8, 4) is 12.3 Å². The number of carbonyl (C=O) groups is 1. The van der Waals surface area contributed by atoms with Crippen LogP contribution in [0.15, 0.2) is 28.4 Å². The zero-order valence-electron chi connectivity index (χ0n) is 12.8. The van der Waals surface area contributed by atoms with Crippen molar-refractivity contribution < 1.29 is 4.79 Å². The Hall–Kier alpha value is -2.06. The predicted octanol–water partition coefficient (Wildman–Crippen LogP) is 3.70. The van der Waals surface area contributed by atoms with E-state index in [9.17, 15) is 4.79 Å². The van der Waals surface area contributed by atoms with Crippen LogP contribution in [0.1, 0.15) is 25.7 Å². The molecular formula is C16H19ClN4O. The van der Waals surface area contributed by atoms with Gasteiger partial charge in [0.05, 0.1) is 10.7 Å². The number of terminal acetylenes is 1. The smallest absolute Gasteiger partial charge is 0.224 e. The van der Waals surface area contributed by atoms with Crippen LogP contribution in [0.3, 0.4) is 0 Å². The standard InChI is InChI=1S/C16H19ClN4O/c1-4-5-9-16(19-20-16)10-8-15(22)18-12-6-7-14(21(2)3)13(17)11-12/h1,6-7,11H,5,8-10H2,2-3H3,(H,18,22). The fourth-order valence-corrected chi connectivity index (χ4v) is 2.50. The molecule has 0 aromatic heterocycles. The Morgan fingerprint density at radius 1 is 1.41 bits per heavy atom. The minimum Gasteiger partial charge on any atom is -0.376 e. The maximum absolute atomic E-state index is 12.0. The average molecular weight is 319 g/mol. The largest absolute Gasteiger partial charge is 0.376 e. The number of nitrogens with one attached hydrogen (secondary N) is 1. The van der Waals surface area contributed by atoms with Crippen LogP contribution in [0.4, 0.5) is 11.4 Å². The molecule has 0 saturated carbocycles. The van der Waals surface area contributed by atoms with Gasteiger partial charge in [0, 0.05) is 45.5 Å². The van der Waals surface area contributed by atoms with Crippen molar-refractivity contribution in [1.29, 1.82) is 0 Å². The van der Waals surface area contributed by atoms with Gasteiger partial charge in [0.1, 0.15) is 0 Å². The van der Waals surface area contributed by atoms with Gasteiger partial charge < -0.3 is 10.2 Å². The van der Waals surface area contributed by atoms with E-state index in [4.69, 9.17) is 18.0 Å². The van der Waals surface area contributed by atoms with Gasteiger partial charge in [-0.2, -0.15) is 10.2 Å². The highest BCUT2D eigenvalue weighted by atomic mass is 35.5. The molecule has 0 unspecified atom stereocenters. The first-order valence-corrected chi connectivity index (χ1v) is 7.48. The van der Waals surface area contributed by atoms with Crippen molar-refractivity contribution >= 4 is 28.9 Å². The van der Waals surface area contributed by atoms with Crippen LogP contribution in [0.25, 0.3) is 0 Å². The maximum atomic E-state index is 12.0. The Morgan fingerprint density at radius 2 is 2.14 bits per heavy atom. The number of rotatable bonds is 7. The van der Waals surface area contributed by atoms with E-state index in [1.54, 1.807) is 6.07 Å². The molecule has 0 aliphatic carbocycles. The third-order valence-electron chi connectivity index (χ3n) is 3.52. The Balaban J connectivity index is 1.85. The fraction of sp³-hybridized carbons (Fsp3) is 0.438. The van der Waals surface area contributed by atoms with Gasteiger partial charge in [0.25, 0.3) is 0 Å². The van der Waals surface area contributed by atoms with Crippen molar-refractivity contribution in [3.63, 3.8) is 0 Å². The van der Waals surface area contributed by atoms with E-state index in [1.807, 2.05) is 31.1 Å². The minimum absolute atomic E-state index is 0.0777. The molecule has 0 spiro atoms. The Bertz CT molecular complexity index is 628. The lowest BCUT2D eigenvalue weighted by atomic mass is 10.0. The first-order chi connectivity index (χ1) is 10.5. The highest BCUT2D eigenvalue weighted by Gasteiger charge is 2.39. The summed E-state index contributed by atoms with van der Waals surface area (Å²) in [7, 11) is 3.83. The number of hydrogen-bond donors (Lipinski definition) is 1. The third kappa shape index (κ3) is 4.22. The van der Waals surface area contributed by atoms with E-state index in [2.05, 4.69) is 21.5 Å². The highest BCUT2D eigenvalue weighted by Crippen LogP contribution is 2.37. The molecule has 116 valence electrons. The van der Waals surface area contributed by atoms with Gasteiger partial charge in [-0.15, -0.1) is 12.3 Å². The summed E-state index contributed by atoms with van der Waals surface area (Å²) in [5, 5.41) is 11.5. The van der Waals surface area contributed by atoms with Crippen LogP contribution in [0.5, 0.6) is 0 Å². The van der Waals surface area contributed by atoms with Gasteiger partial charge >= 0.3 is 0 Å². The van der Waals surface area contributed by atoms with Gasteiger partial charge in [-0.05, 0) is 18.2 Å². The zero-order chi connectivity index (χ0) is 16.2. The molecule has 1 aromatic rings. The summed E-state index contributed by atoms with van der Waals surface area (Å²) in [4.78, 5) is 13.9. The van der Waals surface area contributed by atoms with Crippen LogP contribution < -0.4 is 10.2 Å². The monoisotopic (exact) mass is 318 g/mol. The predicted molar refractivity (Wildman–Crippen MR) is 89.3 cm³/mol. The molecule has 2 rings (SSSR count). The molecule has 1 heterocycles. The summed E-state index contributed by atoms with van der Waals surface area (Å²) in [6.45, 7) is 0. The summed E-state index contributed by atoms with van der Waals surface area (Å²) in [5.41, 5.74) is 1.17. The van der Waals surface area contributed by atoms with Crippen LogP contribution in [0.2, 0.25) is 5.02 Å². The van der Waals surface area contributed by atoms with Crippen molar-refractivity contribution in [2.75, 3.05) is 24.3 Å². The van der Waals surface area contributed by atoms with E-state index in [0.29, 0.717) is 36.4 Å². The number of halogens is 1. The summed E-state index contributed by atoms with van der Waals surface area (Å²) < 4.78 is 0. The molecule has 5 nitrogen and oxygen atoms in total. The van der Waals surface area contributed by atoms with E-state index in [0.717, 1.165) is 5.69 Å². The van der Waals surface area contributed by atoms with Crippen LogP contribution in [-0.2, 0) is 4.79 Å². The summed E-state index contributed by atoms with van der Waals surface area (Å²) in [6.07, 6.45) is 7.51. The van der Waals surface area contributed by atoms with Gasteiger partial charge in [-0.25, -0.2) is 0 Å². The first-order valence-electron chi connectivity index (χ1n) is 7.10. The number of amides is 1. The third-order valence-corrected chi connectivity index (χ3v) is 3.82. The van der Waals surface area contributed by atoms with Gasteiger partial charge in [-0.3, -0.25) is 4.79 Å². The molecule has 0 atom stereocenters. The Morgan fingerprint density at radius 3 is 2.68 bits per heavy atom. The molecule has 1 amide bonds. The molecule has 1 aliphatic rings. The highest BCUT2D eigenvalue weighted by molar-refractivity contribution is 6.33. The van der Waals surface area contributed by atoms with E-state index in [1.165, 1.54) is 0 Å². The number of carbonyl (C=O) groups excluding carboxylic acids is 1. The lowest BCUT2D eigenvalue weighted by molar-refractivity contribution is -0.116. The topological polar surface area (TPSA) is 57.1 Å². The number of hydrogen-bond acceptors (Lipinski definition) is 4. The van der Waals surface area contributed by atoms with Gasteiger partial charge in [0.15, 0.2) is 5.66 Å². The van der Waals surface area contributed by atoms with Crippen LogP contribution >= 0.6 is 11.6 Å². The minimum atomic E-state index is -0.421. The maximum Gasteiger partial charge on any atom is 0.224 e. The van der Waals surface area contributed by atoms with Crippen LogP contribution in [0, 0.1) is 12.3 Å².